The van der Waals surface area contributed by atoms with Crippen LogP contribution in [0.2, 0.25) is 0 Å². The zero-order valence-corrected chi connectivity index (χ0v) is 9.95. The monoisotopic (exact) mass is 273 g/mol. The summed E-state index contributed by atoms with van der Waals surface area (Å²) in [7, 11) is 0. The van der Waals surface area contributed by atoms with Crippen molar-refractivity contribution in [1.29, 1.82) is 0 Å². The second-order valence-electron chi connectivity index (χ2n) is 4.28. The first kappa shape index (κ1) is 13.4. The summed E-state index contributed by atoms with van der Waals surface area (Å²) in [5, 5.41) is 0. The minimum Gasteiger partial charge on any atom is -0.454 e. The number of amides is 1. The lowest BCUT2D eigenvalue weighted by atomic mass is 10.1. The first-order chi connectivity index (χ1) is 8.88. The van der Waals surface area contributed by atoms with E-state index in [-0.39, 0.29) is 18.7 Å². The third-order valence-corrected chi connectivity index (χ3v) is 2.66. The Kier molecular flexibility index (Phi) is 3.46. The van der Waals surface area contributed by atoms with Gasteiger partial charge in [-0.15, -0.1) is 0 Å². The molecule has 2 rings (SSSR count). The minimum atomic E-state index is -1.57. The molecule has 19 heavy (non-hydrogen) atoms. The molecule has 1 aromatic rings. The summed E-state index contributed by atoms with van der Waals surface area (Å²) >= 11 is 0. The van der Waals surface area contributed by atoms with E-state index in [0.29, 0.717) is 0 Å². The van der Waals surface area contributed by atoms with Gasteiger partial charge >= 0.3 is 11.9 Å². The highest BCUT2D eigenvalue weighted by atomic mass is 19.2. The van der Waals surface area contributed by atoms with E-state index in [1.165, 1.54) is 0 Å². The lowest BCUT2D eigenvalue weighted by molar-refractivity contribution is -0.172. The number of hydrogen-bond acceptors (Lipinski definition) is 3. The van der Waals surface area contributed by atoms with Crippen molar-refractivity contribution in [2.45, 2.75) is 19.6 Å². The van der Waals surface area contributed by atoms with Crippen molar-refractivity contribution >= 4 is 11.9 Å². The highest BCUT2D eigenvalue weighted by Crippen LogP contribution is 2.17. The number of esters is 1. The van der Waals surface area contributed by atoms with Crippen molar-refractivity contribution in [3.8, 4) is 0 Å². The smallest absolute Gasteiger partial charge is 0.397 e. The second kappa shape index (κ2) is 4.91. The third kappa shape index (κ3) is 2.69. The van der Waals surface area contributed by atoms with Crippen LogP contribution in [0.5, 0.6) is 0 Å². The molecule has 0 N–H and O–H groups in total. The van der Waals surface area contributed by atoms with E-state index in [9.17, 15) is 22.8 Å². The molecule has 1 fully saturated rings. The molecular weight excluding hydrogens is 263 g/mol. The van der Waals surface area contributed by atoms with Crippen molar-refractivity contribution in [1.82, 2.24) is 4.90 Å². The van der Waals surface area contributed by atoms with E-state index in [4.69, 9.17) is 4.74 Å². The van der Waals surface area contributed by atoms with E-state index in [1.807, 2.05) is 0 Å². The Morgan fingerprint density at radius 2 is 1.84 bits per heavy atom. The number of morpholine rings is 1. The molecule has 0 aromatic heterocycles. The lowest BCUT2D eigenvalue weighted by Gasteiger charge is -2.29. The number of rotatable bonds is 2. The first-order valence-corrected chi connectivity index (χ1v) is 5.51. The number of hydrogen-bond donors (Lipinski definition) is 0. The lowest BCUT2D eigenvalue weighted by Crippen LogP contribution is -2.48. The molecule has 0 spiro atoms. The number of benzene rings is 1. The summed E-state index contributed by atoms with van der Waals surface area (Å²) in [6.45, 7) is 1.51. The van der Waals surface area contributed by atoms with Crippen LogP contribution in [0, 0.1) is 17.5 Å². The maximum Gasteiger partial charge on any atom is 0.397 e. The van der Waals surface area contributed by atoms with Crippen LogP contribution in [0.3, 0.4) is 0 Å². The molecule has 1 aliphatic rings. The average Bonchev–Trinajstić information content (AvgIpc) is 2.32. The van der Waals surface area contributed by atoms with Gasteiger partial charge in [0, 0.05) is 6.54 Å². The van der Waals surface area contributed by atoms with Crippen molar-refractivity contribution in [2.24, 2.45) is 0 Å². The van der Waals surface area contributed by atoms with E-state index < -0.39 is 35.4 Å². The summed E-state index contributed by atoms with van der Waals surface area (Å²) in [4.78, 5) is 23.8. The van der Waals surface area contributed by atoms with Crippen molar-refractivity contribution < 1.29 is 27.5 Å². The van der Waals surface area contributed by atoms with Gasteiger partial charge in [-0.3, -0.25) is 4.79 Å². The van der Waals surface area contributed by atoms with Gasteiger partial charge in [0.15, 0.2) is 17.5 Å². The molecule has 0 radical (unpaired) electrons. The summed E-state index contributed by atoms with van der Waals surface area (Å²) in [6, 6.07) is 1.58. The van der Waals surface area contributed by atoms with Gasteiger partial charge in [0.25, 0.3) is 0 Å². The first-order valence-electron chi connectivity index (χ1n) is 5.51. The van der Waals surface area contributed by atoms with Gasteiger partial charge in [0.1, 0.15) is 6.10 Å². The fourth-order valence-electron chi connectivity index (χ4n) is 1.85. The largest absolute Gasteiger partial charge is 0.454 e. The molecular formula is C12H10F3NO3. The molecule has 1 atom stereocenters. The van der Waals surface area contributed by atoms with Gasteiger partial charge in [-0.1, -0.05) is 0 Å². The Morgan fingerprint density at radius 3 is 2.42 bits per heavy atom. The molecule has 0 saturated carbocycles. The predicted octanol–water partition coefficient (Wildman–Crippen LogP) is 1.38. The molecule has 1 amide bonds. The van der Waals surface area contributed by atoms with Crippen molar-refractivity contribution in [3.63, 3.8) is 0 Å². The highest BCUT2D eigenvalue weighted by molar-refractivity contribution is 6.32. The standard InChI is InChI=1S/C12H10F3NO3/c1-6-4-16(11(17)12(18)19-6)5-7-2-8(13)10(15)9(14)3-7/h2-3,6H,4-5H2,1H3/t6-/m0/s1. The normalized spacial score (nSPS) is 19.6. The molecule has 0 bridgehead atoms. The number of nitrogens with zero attached hydrogens (tertiary/aromatic N) is 1. The topological polar surface area (TPSA) is 46.6 Å². The maximum atomic E-state index is 13.0. The van der Waals surface area contributed by atoms with Crippen LogP contribution in [0.4, 0.5) is 13.2 Å². The van der Waals surface area contributed by atoms with Crippen LogP contribution in [0.1, 0.15) is 12.5 Å². The fraction of sp³-hybridized carbons (Fsp3) is 0.333. The number of ether oxygens (including phenoxy) is 1. The van der Waals surface area contributed by atoms with Crippen LogP contribution in [0.15, 0.2) is 12.1 Å². The van der Waals surface area contributed by atoms with Gasteiger partial charge in [0.05, 0.1) is 6.54 Å². The quantitative estimate of drug-likeness (QED) is 0.464. The van der Waals surface area contributed by atoms with Gasteiger partial charge < -0.3 is 9.64 Å². The Morgan fingerprint density at radius 1 is 1.26 bits per heavy atom. The summed E-state index contributed by atoms with van der Waals surface area (Å²) < 4.78 is 43.5. The zero-order valence-electron chi connectivity index (χ0n) is 9.95. The van der Waals surface area contributed by atoms with Gasteiger partial charge in [-0.25, -0.2) is 18.0 Å². The van der Waals surface area contributed by atoms with E-state index in [2.05, 4.69) is 0 Å². The Balaban J connectivity index is 2.21. The average molecular weight is 273 g/mol. The molecule has 7 heteroatoms. The molecule has 1 aliphatic heterocycles. The van der Waals surface area contributed by atoms with Crippen LogP contribution in [-0.2, 0) is 20.9 Å². The second-order valence-corrected chi connectivity index (χ2v) is 4.28. The molecule has 1 heterocycles. The van der Waals surface area contributed by atoms with Gasteiger partial charge in [-0.2, -0.15) is 0 Å². The highest BCUT2D eigenvalue weighted by Gasteiger charge is 2.32. The predicted molar refractivity (Wildman–Crippen MR) is 57.3 cm³/mol. The number of cyclic esters (lactones) is 1. The maximum absolute atomic E-state index is 13.0. The number of carbonyl (C=O) groups is 2. The Bertz CT molecular complexity index is 524. The third-order valence-electron chi connectivity index (χ3n) is 2.66. The Labute approximate surface area is 106 Å². The van der Waals surface area contributed by atoms with Crippen LogP contribution < -0.4 is 0 Å². The molecule has 1 saturated heterocycles. The van der Waals surface area contributed by atoms with E-state index in [0.717, 1.165) is 17.0 Å². The summed E-state index contributed by atoms with van der Waals surface area (Å²) in [5.41, 5.74) is 0.0617. The van der Waals surface area contributed by atoms with E-state index >= 15 is 0 Å². The molecule has 0 aliphatic carbocycles. The van der Waals surface area contributed by atoms with Gasteiger partial charge in [0.2, 0.25) is 0 Å². The SMILES string of the molecule is C[C@H]1CN(Cc2cc(F)c(F)c(F)c2)C(=O)C(=O)O1. The van der Waals surface area contributed by atoms with Crippen LogP contribution in [0.25, 0.3) is 0 Å². The van der Waals surface area contributed by atoms with E-state index in [1.54, 1.807) is 6.92 Å². The summed E-state index contributed by atoms with van der Waals surface area (Å²) in [5.74, 6) is -6.14. The summed E-state index contributed by atoms with van der Waals surface area (Å²) in [6.07, 6.45) is -0.500. The Hall–Kier alpha value is -2.05. The minimum absolute atomic E-state index is 0.0617. The number of carbonyl (C=O) groups excluding carboxylic acids is 2. The fourth-order valence-corrected chi connectivity index (χ4v) is 1.85. The zero-order chi connectivity index (χ0) is 14.2. The van der Waals surface area contributed by atoms with Crippen molar-refractivity contribution in [2.75, 3.05) is 6.54 Å². The molecule has 102 valence electrons. The van der Waals surface area contributed by atoms with Crippen molar-refractivity contribution in [3.05, 3.63) is 35.1 Å². The van der Waals surface area contributed by atoms with Crippen LogP contribution >= 0.6 is 0 Å². The molecule has 1 aromatic carbocycles. The van der Waals surface area contributed by atoms with Crippen LogP contribution in [-0.4, -0.2) is 29.4 Å². The molecule has 4 nitrogen and oxygen atoms in total. The van der Waals surface area contributed by atoms with Gasteiger partial charge in [-0.05, 0) is 24.6 Å². The molecule has 0 unspecified atom stereocenters. The number of halogens is 3.